The molecule has 104 valence electrons. The van der Waals surface area contributed by atoms with Crippen molar-refractivity contribution >= 4 is 0 Å². The molecule has 1 atom stereocenters. The van der Waals surface area contributed by atoms with E-state index in [-0.39, 0.29) is 0 Å². The van der Waals surface area contributed by atoms with E-state index in [1.54, 1.807) is 5.56 Å². The first-order valence-corrected chi connectivity index (χ1v) is 7.69. The van der Waals surface area contributed by atoms with Gasteiger partial charge in [0, 0.05) is 6.54 Å². The second-order valence-electron chi connectivity index (χ2n) is 5.87. The fourth-order valence-electron chi connectivity index (χ4n) is 3.07. The lowest BCUT2D eigenvalue weighted by molar-refractivity contribution is 0.644. The van der Waals surface area contributed by atoms with Crippen molar-refractivity contribution in [2.45, 2.75) is 32.1 Å². The first kappa shape index (κ1) is 13.4. The normalized spacial score (nSPS) is 18.4. The zero-order valence-electron chi connectivity index (χ0n) is 12.2. The molecule has 0 unspecified atom stereocenters. The van der Waals surface area contributed by atoms with Crippen molar-refractivity contribution in [1.82, 2.24) is 5.32 Å². The molecule has 0 saturated carbocycles. The fourth-order valence-corrected chi connectivity index (χ4v) is 3.07. The van der Waals surface area contributed by atoms with E-state index in [4.69, 9.17) is 0 Å². The van der Waals surface area contributed by atoms with E-state index in [9.17, 15) is 0 Å². The topological polar surface area (TPSA) is 12.0 Å². The smallest absolute Gasteiger partial charge is 0.00177 e. The maximum atomic E-state index is 3.52. The van der Waals surface area contributed by atoms with E-state index in [2.05, 4.69) is 60.8 Å². The van der Waals surface area contributed by atoms with E-state index in [0.29, 0.717) is 5.92 Å². The highest BCUT2D eigenvalue weighted by Gasteiger charge is 2.14. The Bertz CT molecular complexity index is 559. The van der Waals surface area contributed by atoms with Crippen molar-refractivity contribution in [3.63, 3.8) is 0 Å². The Morgan fingerprint density at radius 3 is 2.65 bits per heavy atom. The predicted molar refractivity (Wildman–Crippen MR) is 85.3 cm³/mol. The highest BCUT2D eigenvalue weighted by atomic mass is 14.9. The summed E-state index contributed by atoms with van der Waals surface area (Å²) in [6.45, 7) is 4.55. The maximum Gasteiger partial charge on any atom is 0.00177 e. The van der Waals surface area contributed by atoms with Gasteiger partial charge in [-0.1, -0.05) is 55.5 Å². The van der Waals surface area contributed by atoms with Crippen LogP contribution in [0.5, 0.6) is 0 Å². The molecule has 0 fully saturated rings. The predicted octanol–water partition coefficient (Wildman–Crippen LogP) is 3.72. The summed E-state index contributed by atoms with van der Waals surface area (Å²) in [4.78, 5) is 0. The summed E-state index contributed by atoms with van der Waals surface area (Å²) >= 11 is 0. The summed E-state index contributed by atoms with van der Waals surface area (Å²) in [5.74, 6) is 0.629. The Morgan fingerprint density at radius 1 is 1.00 bits per heavy atom. The van der Waals surface area contributed by atoms with Crippen LogP contribution >= 0.6 is 0 Å². The summed E-state index contributed by atoms with van der Waals surface area (Å²) in [6, 6.07) is 17.9. The van der Waals surface area contributed by atoms with Crippen LogP contribution in [0.25, 0.3) is 0 Å². The quantitative estimate of drug-likeness (QED) is 0.892. The summed E-state index contributed by atoms with van der Waals surface area (Å²) in [6.07, 6.45) is 3.43. The third-order valence-corrected chi connectivity index (χ3v) is 4.31. The molecule has 1 heterocycles. The van der Waals surface area contributed by atoms with E-state index in [1.807, 2.05) is 0 Å². The zero-order valence-corrected chi connectivity index (χ0v) is 12.2. The Morgan fingerprint density at radius 2 is 1.80 bits per heavy atom. The number of nitrogens with one attached hydrogen (secondary N) is 1. The van der Waals surface area contributed by atoms with Crippen LogP contribution in [-0.2, 0) is 19.3 Å². The van der Waals surface area contributed by atoms with Crippen LogP contribution in [0.1, 0.15) is 35.1 Å². The van der Waals surface area contributed by atoms with Crippen LogP contribution in [0.2, 0.25) is 0 Å². The number of rotatable bonds is 3. The van der Waals surface area contributed by atoms with E-state index in [1.165, 1.54) is 23.1 Å². The highest BCUT2D eigenvalue weighted by molar-refractivity contribution is 5.36. The lowest BCUT2D eigenvalue weighted by Crippen LogP contribution is -2.18. The third kappa shape index (κ3) is 3.10. The van der Waals surface area contributed by atoms with E-state index in [0.717, 1.165) is 25.9 Å². The van der Waals surface area contributed by atoms with Crippen molar-refractivity contribution in [3.8, 4) is 0 Å². The molecular weight excluding hydrogens is 242 g/mol. The summed E-state index contributed by atoms with van der Waals surface area (Å²) in [7, 11) is 0. The van der Waals surface area contributed by atoms with Gasteiger partial charge in [-0.3, -0.25) is 0 Å². The van der Waals surface area contributed by atoms with Gasteiger partial charge in [-0.15, -0.1) is 0 Å². The van der Waals surface area contributed by atoms with Crippen LogP contribution in [0.15, 0.2) is 48.5 Å². The van der Waals surface area contributed by atoms with Gasteiger partial charge >= 0.3 is 0 Å². The monoisotopic (exact) mass is 265 g/mol. The highest BCUT2D eigenvalue weighted by Crippen LogP contribution is 2.24. The molecule has 1 nitrogen and oxygen atoms in total. The molecule has 1 aliphatic heterocycles. The molecule has 0 radical (unpaired) electrons. The molecule has 1 N–H and O–H groups in total. The van der Waals surface area contributed by atoms with E-state index < -0.39 is 0 Å². The van der Waals surface area contributed by atoms with Crippen molar-refractivity contribution in [2.75, 3.05) is 13.1 Å². The number of benzene rings is 2. The Labute approximate surface area is 122 Å². The van der Waals surface area contributed by atoms with Gasteiger partial charge < -0.3 is 5.32 Å². The van der Waals surface area contributed by atoms with Crippen molar-refractivity contribution in [3.05, 3.63) is 70.8 Å². The second-order valence-corrected chi connectivity index (χ2v) is 5.87. The Kier molecular flexibility index (Phi) is 4.17. The van der Waals surface area contributed by atoms with Crippen LogP contribution in [0, 0.1) is 0 Å². The Hall–Kier alpha value is -1.60. The first-order chi connectivity index (χ1) is 9.83. The first-order valence-electron chi connectivity index (χ1n) is 7.69. The number of hydrogen-bond donors (Lipinski definition) is 1. The van der Waals surface area contributed by atoms with Gasteiger partial charge in [0.1, 0.15) is 0 Å². The average Bonchev–Trinajstić information content (AvgIpc) is 2.68. The molecule has 0 spiro atoms. The molecule has 1 aliphatic rings. The number of hydrogen-bond acceptors (Lipinski definition) is 1. The van der Waals surface area contributed by atoms with Crippen LogP contribution in [-0.4, -0.2) is 13.1 Å². The lowest BCUT2D eigenvalue weighted by Gasteiger charge is -2.14. The third-order valence-electron chi connectivity index (χ3n) is 4.31. The van der Waals surface area contributed by atoms with Crippen LogP contribution < -0.4 is 5.32 Å². The van der Waals surface area contributed by atoms with Crippen molar-refractivity contribution in [2.24, 2.45) is 0 Å². The van der Waals surface area contributed by atoms with Gasteiger partial charge in [0.2, 0.25) is 0 Å². The molecule has 2 aromatic carbocycles. The molecule has 3 rings (SSSR count). The molecule has 0 amide bonds. The molecule has 1 heteroatoms. The van der Waals surface area contributed by atoms with Crippen molar-refractivity contribution < 1.29 is 0 Å². The molecule has 0 aromatic heterocycles. The van der Waals surface area contributed by atoms with Gasteiger partial charge in [0.15, 0.2) is 0 Å². The van der Waals surface area contributed by atoms with Crippen LogP contribution in [0.4, 0.5) is 0 Å². The molecule has 0 aliphatic carbocycles. The number of aryl methyl sites for hydroxylation is 2. The zero-order chi connectivity index (χ0) is 13.8. The minimum Gasteiger partial charge on any atom is -0.316 e. The molecule has 0 bridgehead atoms. The SMILES string of the molecule is C[C@@H]1CNCCc2ccc(CCc3ccccc3)cc21. The molecule has 20 heavy (non-hydrogen) atoms. The summed E-state index contributed by atoms with van der Waals surface area (Å²) in [5.41, 5.74) is 5.99. The standard InChI is InChI=1S/C19H23N/c1-15-14-20-12-11-18-10-9-17(13-19(15)18)8-7-16-5-3-2-4-6-16/h2-6,9-10,13,15,20H,7-8,11-12,14H2,1H3/t15-/m1/s1. The van der Waals surface area contributed by atoms with Gasteiger partial charge in [0.25, 0.3) is 0 Å². The molecular formula is C19H23N. The maximum absolute atomic E-state index is 3.52. The van der Waals surface area contributed by atoms with Gasteiger partial charge in [-0.2, -0.15) is 0 Å². The minimum absolute atomic E-state index is 0.629. The van der Waals surface area contributed by atoms with E-state index >= 15 is 0 Å². The minimum atomic E-state index is 0.629. The van der Waals surface area contributed by atoms with Gasteiger partial charge in [-0.25, -0.2) is 0 Å². The number of fused-ring (bicyclic) bond motifs is 1. The molecule has 2 aromatic rings. The summed E-state index contributed by atoms with van der Waals surface area (Å²) < 4.78 is 0. The van der Waals surface area contributed by atoms with Gasteiger partial charge in [-0.05, 0) is 54.0 Å². The van der Waals surface area contributed by atoms with Crippen molar-refractivity contribution in [1.29, 1.82) is 0 Å². The lowest BCUT2D eigenvalue weighted by atomic mass is 9.92. The second kappa shape index (κ2) is 6.23. The fraction of sp³-hybridized carbons (Fsp3) is 0.368. The summed E-state index contributed by atoms with van der Waals surface area (Å²) in [5, 5.41) is 3.52. The van der Waals surface area contributed by atoms with Crippen LogP contribution in [0.3, 0.4) is 0 Å². The van der Waals surface area contributed by atoms with Gasteiger partial charge in [0.05, 0.1) is 0 Å². The molecule has 0 saturated heterocycles. The Balaban J connectivity index is 1.75. The average molecular weight is 265 g/mol. The largest absolute Gasteiger partial charge is 0.316 e.